The van der Waals surface area contributed by atoms with E-state index in [4.69, 9.17) is 8.92 Å². The SMILES string of the molecule is CC1COC2(CCCCC2C(C)(C)C)OS1. The molecule has 2 nitrogen and oxygen atoms in total. The second-order valence-corrected chi connectivity index (χ2v) is 7.44. The van der Waals surface area contributed by atoms with E-state index >= 15 is 0 Å². The summed E-state index contributed by atoms with van der Waals surface area (Å²) in [6, 6.07) is 0. The summed E-state index contributed by atoms with van der Waals surface area (Å²) >= 11 is 1.62. The van der Waals surface area contributed by atoms with Crippen LogP contribution < -0.4 is 0 Å². The van der Waals surface area contributed by atoms with E-state index in [1.807, 2.05) is 0 Å². The van der Waals surface area contributed by atoms with Gasteiger partial charge in [-0.25, -0.2) is 0 Å². The van der Waals surface area contributed by atoms with Crippen molar-refractivity contribution in [1.82, 2.24) is 0 Å². The summed E-state index contributed by atoms with van der Waals surface area (Å²) in [6.45, 7) is 9.91. The highest BCUT2D eigenvalue weighted by molar-refractivity contribution is 7.95. The molecule has 2 fully saturated rings. The Bertz CT molecular complexity index is 239. The molecule has 3 unspecified atom stereocenters. The molecule has 2 rings (SSSR count). The normalized spacial score (nSPS) is 41.2. The fourth-order valence-corrected chi connectivity index (χ4v) is 3.65. The summed E-state index contributed by atoms with van der Waals surface area (Å²) < 4.78 is 12.2. The quantitative estimate of drug-likeness (QED) is 0.600. The third kappa shape index (κ3) is 2.41. The summed E-state index contributed by atoms with van der Waals surface area (Å²) in [5, 5.41) is 0.466. The molecule has 1 saturated carbocycles. The minimum Gasteiger partial charge on any atom is -0.347 e. The molecule has 3 heteroatoms. The number of ether oxygens (including phenoxy) is 1. The van der Waals surface area contributed by atoms with Crippen LogP contribution >= 0.6 is 12.0 Å². The van der Waals surface area contributed by atoms with Gasteiger partial charge in [-0.2, -0.15) is 0 Å². The molecule has 1 saturated heterocycles. The zero-order valence-corrected chi connectivity index (χ0v) is 11.7. The molecule has 0 N–H and O–H groups in total. The molecular formula is C13H24O2S. The van der Waals surface area contributed by atoms with E-state index in [1.165, 1.54) is 19.3 Å². The largest absolute Gasteiger partial charge is 0.347 e. The van der Waals surface area contributed by atoms with Crippen molar-refractivity contribution in [3.8, 4) is 0 Å². The first-order valence-electron chi connectivity index (χ1n) is 6.42. The Balaban J connectivity index is 2.15. The Morgan fingerprint density at radius 1 is 1.25 bits per heavy atom. The molecule has 0 aromatic heterocycles. The van der Waals surface area contributed by atoms with E-state index in [9.17, 15) is 0 Å². The van der Waals surface area contributed by atoms with Crippen LogP contribution in [-0.4, -0.2) is 17.6 Å². The predicted molar refractivity (Wildman–Crippen MR) is 68.2 cm³/mol. The maximum Gasteiger partial charge on any atom is 0.184 e. The van der Waals surface area contributed by atoms with Crippen molar-refractivity contribution in [2.75, 3.05) is 6.61 Å². The molecule has 2 aliphatic rings. The van der Waals surface area contributed by atoms with Gasteiger partial charge in [-0.05, 0) is 25.2 Å². The third-order valence-electron chi connectivity index (χ3n) is 3.76. The van der Waals surface area contributed by atoms with E-state index in [2.05, 4.69) is 27.7 Å². The lowest BCUT2D eigenvalue weighted by molar-refractivity contribution is -0.253. The van der Waals surface area contributed by atoms with Crippen LogP contribution in [0, 0.1) is 11.3 Å². The van der Waals surface area contributed by atoms with Crippen LogP contribution in [0.25, 0.3) is 0 Å². The van der Waals surface area contributed by atoms with E-state index in [-0.39, 0.29) is 11.2 Å². The fraction of sp³-hybridized carbons (Fsp3) is 1.00. The van der Waals surface area contributed by atoms with E-state index in [1.54, 1.807) is 12.0 Å². The summed E-state index contributed by atoms with van der Waals surface area (Å²) in [4.78, 5) is 0. The van der Waals surface area contributed by atoms with Crippen LogP contribution in [0.2, 0.25) is 0 Å². The number of hydrogen-bond donors (Lipinski definition) is 0. The topological polar surface area (TPSA) is 18.5 Å². The molecule has 0 aromatic rings. The monoisotopic (exact) mass is 244 g/mol. The van der Waals surface area contributed by atoms with Crippen molar-refractivity contribution in [2.24, 2.45) is 11.3 Å². The lowest BCUT2D eigenvalue weighted by atomic mass is 9.68. The van der Waals surface area contributed by atoms with Gasteiger partial charge in [0.1, 0.15) is 0 Å². The van der Waals surface area contributed by atoms with Crippen LogP contribution in [0.4, 0.5) is 0 Å². The molecule has 3 atom stereocenters. The summed E-state index contributed by atoms with van der Waals surface area (Å²) in [6.07, 6.45) is 4.85. The minimum absolute atomic E-state index is 0.265. The van der Waals surface area contributed by atoms with Crippen molar-refractivity contribution in [3.63, 3.8) is 0 Å². The number of rotatable bonds is 0. The van der Waals surface area contributed by atoms with Crippen LogP contribution in [-0.2, 0) is 8.92 Å². The maximum atomic E-state index is 6.11. The van der Waals surface area contributed by atoms with E-state index < -0.39 is 0 Å². The zero-order chi connectivity index (χ0) is 11.8. The Labute approximate surface area is 104 Å². The van der Waals surface area contributed by atoms with E-state index in [0.29, 0.717) is 11.2 Å². The fourth-order valence-electron chi connectivity index (χ4n) is 2.95. The van der Waals surface area contributed by atoms with Crippen LogP contribution in [0.15, 0.2) is 0 Å². The highest BCUT2D eigenvalue weighted by atomic mass is 32.2. The zero-order valence-electron chi connectivity index (χ0n) is 10.9. The van der Waals surface area contributed by atoms with Crippen LogP contribution in [0.3, 0.4) is 0 Å². The predicted octanol–water partition coefficient (Wildman–Crippen LogP) is 4.00. The second kappa shape index (κ2) is 4.51. The molecule has 0 radical (unpaired) electrons. The van der Waals surface area contributed by atoms with Gasteiger partial charge in [0.05, 0.1) is 11.9 Å². The molecular weight excluding hydrogens is 220 g/mol. The second-order valence-electron chi connectivity index (χ2n) is 6.28. The van der Waals surface area contributed by atoms with Crippen LogP contribution in [0.5, 0.6) is 0 Å². The molecule has 0 aromatic carbocycles. The Kier molecular flexibility index (Phi) is 3.58. The van der Waals surface area contributed by atoms with Gasteiger partial charge >= 0.3 is 0 Å². The Morgan fingerprint density at radius 2 is 2.00 bits per heavy atom. The van der Waals surface area contributed by atoms with Gasteiger partial charge in [0.25, 0.3) is 0 Å². The van der Waals surface area contributed by atoms with E-state index in [0.717, 1.165) is 13.0 Å². The van der Waals surface area contributed by atoms with Crippen molar-refractivity contribution >= 4 is 12.0 Å². The molecule has 1 spiro atoms. The first-order chi connectivity index (χ1) is 7.44. The molecule has 1 heterocycles. The summed E-state index contributed by atoms with van der Waals surface area (Å²) in [5.74, 6) is 0.224. The Hall–Kier alpha value is 0.270. The lowest BCUT2D eigenvalue weighted by Crippen LogP contribution is -2.52. The smallest absolute Gasteiger partial charge is 0.184 e. The minimum atomic E-state index is -0.298. The van der Waals surface area contributed by atoms with Gasteiger partial charge in [-0.1, -0.05) is 27.2 Å². The first kappa shape index (κ1) is 12.7. The average molecular weight is 244 g/mol. The molecule has 94 valence electrons. The summed E-state index contributed by atoms with van der Waals surface area (Å²) in [7, 11) is 0. The molecule has 1 aliphatic carbocycles. The van der Waals surface area contributed by atoms with Crippen molar-refractivity contribution in [3.05, 3.63) is 0 Å². The van der Waals surface area contributed by atoms with Crippen LogP contribution in [0.1, 0.15) is 53.4 Å². The van der Waals surface area contributed by atoms with Gasteiger partial charge in [0, 0.05) is 24.4 Å². The van der Waals surface area contributed by atoms with Gasteiger partial charge < -0.3 is 4.74 Å². The Morgan fingerprint density at radius 3 is 2.56 bits per heavy atom. The number of hydrogen-bond acceptors (Lipinski definition) is 3. The van der Waals surface area contributed by atoms with Crippen molar-refractivity contribution in [1.29, 1.82) is 0 Å². The average Bonchev–Trinajstić information content (AvgIpc) is 2.22. The maximum absolute atomic E-state index is 6.11. The van der Waals surface area contributed by atoms with Crippen molar-refractivity contribution < 1.29 is 8.92 Å². The van der Waals surface area contributed by atoms with Gasteiger partial charge in [-0.15, -0.1) is 0 Å². The van der Waals surface area contributed by atoms with Gasteiger partial charge in [0.15, 0.2) is 5.79 Å². The first-order valence-corrected chi connectivity index (χ1v) is 7.23. The summed E-state index contributed by atoms with van der Waals surface area (Å²) in [5.41, 5.74) is 0.265. The van der Waals surface area contributed by atoms with Gasteiger partial charge in [0.2, 0.25) is 0 Å². The van der Waals surface area contributed by atoms with Crippen molar-refractivity contribution in [2.45, 2.75) is 64.4 Å². The molecule has 1 aliphatic heterocycles. The molecule has 0 bridgehead atoms. The molecule has 16 heavy (non-hydrogen) atoms. The highest BCUT2D eigenvalue weighted by Crippen LogP contribution is 2.50. The molecule has 0 amide bonds. The standard InChI is InChI=1S/C13H24O2S/c1-10-9-14-13(15-16-10)8-6-5-7-11(13)12(2,3)4/h10-11H,5-9H2,1-4H3. The third-order valence-corrected chi connectivity index (χ3v) is 4.60. The lowest BCUT2D eigenvalue weighted by Gasteiger charge is -2.50. The van der Waals surface area contributed by atoms with Gasteiger partial charge in [-0.3, -0.25) is 4.18 Å². The highest BCUT2D eigenvalue weighted by Gasteiger charge is 2.50.